The standard InChI is InChI=1S/C7H9NO2/c1-4-3-6(5(2)9)7(10)8-4/h3-4H,1-2H3,(H,8,10). The van der Waals surface area contributed by atoms with Crippen LogP contribution in [0.15, 0.2) is 11.6 Å². The van der Waals surface area contributed by atoms with Crippen LogP contribution < -0.4 is 5.32 Å². The molecule has 0 aromatic rings. The fourth-order valence-corrected chi connectivity index (χ4v) is 0.929. The Bertz CT molecular complexity index is 218. The van der Waals surface area contributed by atoms with Gasteiger partial charge in [0.15, 0.2) is 5.78 Å². The quantitative estimate of drug-likeness (QED) is 0.520. The van der Waals surface area contributed by atoms with Gasteiger partial charge in [0, 0.05) is 6.04 Å². The SMILES string of the molecule is CC(=O)C1=CC(C)NC1=O. The molecule has 0 fully saturated rings. The largest absolute Gasteiger partial charge is 0.346 e. The molecule has 0 saturated carbocycles. The van der Waals surface area contributed by atoms with Gasteiger partial charge in [0.2, 0.25) is 0 Å². The molecule has 1 atom stereocenters. The van der Waals surface area contributed by atoms with Crippen LogP contribution >= 0.6 is 0 Å². The zero-order valence-corrected chi connectivity index (χ0v) is 5.97. The van der Waals surface area contributed by atoms with Crippen molar-refractivity contribution in [2.45, 2.75) is 19.9 Å². The van der Waals surface area contributed by atoms with E-state index in [0.717, 1.165) is 0 Å². The van der Waals surface area contributed by atoms with E-state index in [-0.39, 0.29) is 23.3 Å². The van der Waals surface area contributed by atoms with Gasteiger partial charge in [0.05, 0.1) is 5.57 Å². The maximum absolute atomic E-state index is 10.8. The van der Waals surface area contributed by atoms with Crippen molar-refractivity contribution in [3.8, 4) is 0 Å². The van der Waals surface area contributed by atoms with Crippen LogP contribution in [0.4, 0.5) is 0 Å². The lowest BCUT2D eigenvalue weighted by Gasteiger charge is -1.96. The monoisotopic (exact) mass is 139 g/mol. The average molecular weight is 139 g/mol. The van der Waals surface area contributed by atoms with Gasteiger partial charge in [-0.3, -0.25) is 9.59 Å². The maximum atomic E-state index is 10.8. The Balaban J connectivity index is 2.85. The van der Waals surface area contributed by atoms with Crippen molar-refractivity contribution in [1.29, 1.82) is 0 Å². The molecule has 0 radical (unpaired) electrons. The van der Waals surface area contributed by atoms with Crippen LogP contribution in [0.1, 0.15) is 13.8 Å². The molecule has 0 aromatic heterocycles. The number of carbonyl (C=O) groups is 2. The fraction of sp³-hybridized carbons (Fsp3) is 0.429. The van der Waals surface area contributed by atoms with E-state index in [2.05, 4.69) is 5.32 Å². The molecule has 0 aromatic carbocycles. The van der Waals surface area contributed by atoms with E-state index in [4.69, 9.17) is 0 Å². The Labute approximate surface area is 59.1 Å². The molecular formula is C7H9NO2. The van der Waals surface area contributed by atoms with E-state index in [9.17, 15) is 9.59 Å². The molecule has 1 aliphatic rings. The Morgan fingerprint density at radius 1 is 1.70 bits per heavy atom. The third-order valence-corrected chi connectivity index (χ3v) is 1.40. The molecule has 1 aliphatic heterocycles. The van der Waals surface area contributed by atoms with Gasteiger partial charge in [-0.25, -0.2) is 0 Å². The first-order valence-corrected chi connectivity index (χ1v) is 3.15. The number of Topliss-reactive ketones (excluding diaryl/α,β-unsaturated/α-hetero) is 1. The Morgan fingerprint density at radius 3 is 2.50 bits per heavy atom. The first-order valence-electron chi connectivity index (χ1n) is 3.15. The van der Waals surface area contributed by atoms with Gasteiger partial charge in [0.1, 0.15) is 0 Å². The second kappa shape index (κ2) is 2.25. The third kappa shape index (κ3) is 1.07. The summed E-state index contributed by atoms with van der Waals surface area (Å²) in [5.74, 6) is -0.415. The molecule has 3 nitrogen and oxygen atoms in total. The van der Waals surface area contributed by atoms with Crippen LogP contribution in [-0.4, -0.2) is 17.7 Å². The molecular weight excluding hydrogens is 130 g/mol. The van der Waals surface area contributed by atoms with Gasteiger partial charge in [-0.15, -0.1) is 0 Å². The molecule has 0 spiro atoms. The maximum Gasteiger partial charge on any atom is 0.255 e. The minimum absolute atomic E-state index is 0.00593. The van der Waals surface area contributed by atoms with Gasteiger partial charge in [-0.1, -0.05) is 0 Å². The minimum Gasteiger partial charge on any atom is -0.346 e. The lowest BCUT2D eigenvalue weighted by Crippen LogP contribution is -2.25. The summed E-state index contributed by atoms with van der Waals surface area (Å²) in [6.07, 6.45) is 1.64. The summed E-state index contributed by atoms with van der Waals surface area (Å²) in [4.78, 5) is 21.5. The number of ketones is 1. The van der Waals surface area contributed by atoms with E-state index in [1.807, 2.05) is 6.92 Å². The van der Waals surface area contributed by atoms with E-state index in [1.54, 1.807) is 6.08 Å². The predicted molar refractivity (Wildman–Crippen MR) is 36.4 cm³/mol. The van der Waals surface area contributed by atoms with Gasteiger partial charge < -0.3 is 5.32 Å². The lowest BCUT2D eigenvalue weighted by molar-refractivity contribution is -0.121. The third-order valence-electron chi connectivity index (χ3n) is 1.40. The molecule has 1 rings (SSSR count). The molecule has 0 bridgehead atoms. The smallest absolute Gasteiger partial charge is 0.255 e. The topological polar surface area (TPSA) is 46.2 Å². The van der Waals surface area contributed by atoms with E-state index in [1.165, 1.54) is 6.92 Å². The number of rotatable bonds is 1. The van der Waals surface area contributed by atoms with Gasteiger partial charge in [0.25, 0.3) is 5.91 Å². The van der Waals surface area contributed by atoms with Crippen LogP contribution in [0.5, 0.6) is 0 Å². The van der Waals surface area contributed by atoms with E-state index < -0.39 is 0 Å². The van der Waals surface area contributed by atoms with E-state index in [0.29, 0.717) is 0 Å². The number of hydrogen-bond acceptors (Lipinski definition) is 2. The molecule has 10 heavy (non-hydrogen) atoms. The lowest BCUT2D eigenvalue weighted by atomic mass is 10.2. The zero-order valence-electron chi connectivity index (χ0n) is 5.97. The van der Waals surface area contributed by atoms with Crippen molar-refractivity contribution < 1.29 is 9.59 Å². The summed E-state index contributed by atoms with van der Waals surface area (Å²) in [6, 6.07) is 0.00593. The molecule has 1 N–H and O–H groups in total. The zero-order chi connectivity index (χ0) is 7.72. The van der Waals surface area contributed by atoms with Gasteiger partial charge in [-0.2, -0.15) is 0 Å². The Hall–Kier alpha value is -1.12. The number of amides is 1. The molecule has 1 unspecified atom stereocenters. The summed E-state index contributed by atoms with van der Waals surface area (Å²) in [6.45, 7) is 3.22. The van der Waals surface area contributed by atoms with Crippen LogP contribution in [0, 0.1) is 0 Å². The summed E-state index contributed by atoms with van der Waals surface area (Å²) < 4.78 is 0. The van der Waals surface area contributed by atoms with Crippen LogP contribution in [0.2, 0.25) is 0 Å². The number of carbonyl (C=O) groups excluding carboxylic acids is 2. The second-order valence-corrected chi connectivity index (χ2v) is 2.40. The molecule has 0 aliphatic carbocycles. The average Bonchev–Trinajstić information content (AvgIpc) is 2.10. The summed E-state index contributed by atoms with van der Waals surface area (Å²) in [5, 5.41) is 2.60. The minimum atomic E-state index is -0.250. The number of nitrogens with one attached hydrogen (secondary N) is 1. The number of hydrogen-bond donors (Lipinski definition) is 1. The fourth-order valence-electron chi connectivity index (χ4n) is 0.929. The predicted octanol–water partition coefficient (Wildman–Crippen LogP) is 0.0201. The Morgan fingerprint density at radius 2 is 2.30 bits per heavy atom. The first kappa shape index (κ1) is 6.99. The summed E-state index contributed by atoms with van der Waals surface area (Å²) in [7, 11) is 0. The Kier molecular flexibility index (Phi) is 1.57. The van der Waals surface area contributed by atoms with Crippen molar-refractivity contribution in [3.63, 3.8) is 0 Å². The highest BCUT2D eigenvalue weighted by atomic mass is 16.2. The molecule has 0 saturated heterocycles. The van der Waals surface area contributed by atoms with E-state index >= 15 is 0 Å². The summed E-state index contributed by atoms with van der Waals surface area (Å²) >= 11 is 0. The molecule has 3 heteroatoms. The highest BCUT2D eigenvalue weighted by Gasteiger charge is 2.22. The highest BCUT2D eigenvalue weighted by molar-refractivity contribution is 6.19. The highest BCUT2D eigenvalue weighted by Crippen LogP contribution is 2.06. The van der Waals surface area contributed by atoms with Gasteiger partial charge in [-0.05, 0) is 19.9 Å². The molecule has 1 heterocycles. The van der Waals surface area contributed by atoms with Crippen molar-refractivity contribution in [2.24, 2.45) is 0 Å². The van der Waals surface area contributed by atoms with Gasteiger partial charge >= 0.3 is 0 Å². The summed E-state index contributed by atoms with van der Waals surface area (Å²) in [5.41, 5.74) is 0.285. The van der Waals surface area contributed by atoms with Crippen molar-refractivity contribution >= 4 is 11.7 Å². The van der Waals surface area contributed by atoms with Crippen molar-refractivity contribution in [3.05, 3.63) is 11.6 Å². The normalized spacial score (nSPS) is 24.0. The molecule has 54 valence electrons. The van der Waals surface area contributed by atoms with Crippen molar-refractivity contribution in [2.75, 3.05) is 0 Å². The molecule has 1 amide bonds. The van der Waals surface area contributed by atoms with Crippen LogP contribution in [0.3, 0.4) is 0 Å². The second-order valence-electron chi connectivity index (χ2n) is 2.40. The van der Waals surface area contributed by atoms with Crippen molar-refractivity contribution in [1.82, 2.24) is 5.32 Å². The van der Waals surface area contributed by atoms with Crippen LogP contribution in [-0.2, 0) is 9.59 Å². The van der Waals surface area contributed by atoms with Crippen LogP contribution in [0.25, 0.3) is 0 Å². The first-order chi connectivity index (χ1) is 4.61.